The molecule has 1 aromatic heterocycles. The molecule has 3 rings (SSSR count). The van der Waals surface area contributed by atoms with E-state index >= 15 is 0 Å². The first-order valence-electron chi connectivity index (χ1n) is 10.2. The number of halogens is 3. The third-order valence-corrected chi connectivity index (χ3v) is 4.79. The number of methoxy groups -OCH3 is 3. The number of nitrogens with one attached hydrogen (secondary N) is 1. The quantitative estimate of drug-likeness (QED) is 0.322. The molecule has 0 saturated heterocycles. The minimum atomic E-state index is -4.43. The van der Waals surface area contributed by atoms with Crippen LogP contribution in [0.4, 0.5) is 24.7 Å². The van der Waals surface area contributed by atoms with Gasteiger partial charge >= 0.3 is 12.1 Å². The molecule has 1 heterocycles. The van der Waals surface area contributed by atoms with E-state index in [0.29, 0.717) is 22.8 Å². The SMILES string of the molecule is COCOc1cc(Nc2cc(-c3ccc(C(F)(F)F)cc3)nn2C)c(C(=O)OC)c(OCOC)c1. The van der Waals surface area contributed by atoms with Crippen molar-refractivity contribution in [3.05, 3.63) is 53.6 Å². The number of esters is 1. The second-order valence-electron chi connectivity index (χ2n) is 7.18. The molecule has 0 bridgehead atoms. The minimum Gasteiger partial charge on any atom is -0.467 e. The van der Waals surface area contributed by atoms with Crippen LogP contribution in [-0.2, 0) is 27.4 Å². The van der Waals surface area contributed by atoms with Crippen molar-refractivity contribution in [3.63, 3.8) is 0 Å². The van der Waals surface area contributed by atoms with Crippen LogP contribution in [-0.4, -0.2) is 50.7 Å². The third-order valence-electron chi connectivity index (χ3n) is 4.79. The summed E-state index contributed by atoms with van der Waals surface area (Å²) in [6.07, 6.45) is -4.43. The Labute approximate surface area is 199 Å². The van der Waals surface area contributed by atoms with E-state index in [0.717, 1.165) is 12.1 Å². The van der Waals surface area contributed by atoms with Crippen LogP contribution in [0.1, 0.15) is 15.9 Å². The summed E-state index contributed by atoms with van der Waals surface area (Å²) in [4.78, 5) is 12.6. The molecule has 0 aliphatic rings. The maximum Gasteiger partial charge on any atom is 0.416 e. The smallest absolute Gasteiger partial charge is 0.416 e. The van der Waals surface area contributed by atoms with Crippen molar-refractivity contribution >= 4 is 17.5 Å². The van der Waals surface area contributed by atoms with Gasteiger partial charge in [-0.25, -0.2) is 4.79 Å². The molecule has 9 nitrogen and oxygen atoms in total. The van der Waals surface area contributed by atoms with Crippen LogP contribution in [0.25, 0.3) is 11.3 Å². The second-order valence-corrected chi connectivity index (χ2v) is 7.18. The number of benzene rings is 2. The van der Waals surface area contributed by atoms with Gasteiger partial charge in [-0.2, -0.15) is 18.3 Å². The van der Waals surface area contributed by atoms with Gasteiger partial charge in [-0.3, -0.25) is 4.68 Å². The van der Waals surface area contributed by atoms with Gasteiger partial charge in [0.05, 0.1) is 24.1 Å². The fourth-order valence-corrected chi connectivity index (χ4v) is 3.14. The van der Waals surface area contributed by atoms with Crippen LogP contribution in [0.2, 0.25) is 0 Å². The van der Waals surface area contributed by atoms with Gasteiger partial charge in [0.2, 0.25) is 0 Å². The average Bonchev–Trinajstić information content (AvgIpc) is 3.20. The summed E-state index contributed by atoms with van der Waals surface area (Å²) < 4.78 is 66.0. The number of aryl methyl sites for hydroxylation is 1. The van der Waals surface area contributed by atoms with E-state index < -0.39 is 17.7 Å². The zero-order chi connectivity index (χ0) is 25.6. The number of alkyl halides is 3. The normalized spacial score (nSPS) is 11.3. The average molecular weight is 495 g/mol. The lowest BCUT2D eigenvalue weighted by atomic mass is 10.1. The summed E-state index contributed by atoms with van der Waals surface area (Å²) in [5.74, 6) is 0.229. The number of carbonyl (C=O) groups excluding carboxylic acids is 1. The topological polar surface area (TPSA) is 93.1 Å². The number of hydrogen-bond donors (Lipinski definition) is 1. The summed E-state index contributed by atoms with van der Waals surface area (Å²) in [5, 5.41) is 7.46. The molecule has 188 valence electrons. The van der Waals surface area contributed by atoms with Crippen molar-refractivity contribution in [1.29, 1.82) is 0 Å². The van der Waals surface area contributed by atoms with Crippen LogP contribution in [0.5, 0.6) is 11.5 Å². The van der Waals surface area contributed by atoms with Gasteiger partial charge in [0.25, 0.3) is 0 Å². The number of anilines is 2. The maximum absolute atomic E-state index is 12.9. The molecule has 0 atom stereocenters. The lowest BCUT2D eigenvalue weighted by Crippen LogP contribution is -2.12. The number of aromatic nitrogens is 2. The predicted octanol–water partition coefficient (Wildman–Crippen LogP) is 4.60. The van der Waals surface area contributed by atoms with Gasteiger partial charge in [-0.05, 0) is 12.1 Å². The zero-order valence-electron chi connectivity index (χ0n) is 19.4. The van der Waals surface area contributed by atoms with Crippen molar-refractivity contribution in [2.45, 2.75) is 6.18 Å². The molecule has 0 fully saturated rings. The molecule has 0 radical (unpaired) electrons. The minimum absolute atomic E-state index is 0.0511. The van der Waals surface area contributed by atoms with Crippen molar-refractivity contribution in [1.82, 2.24) is 9.78 Å². The molecule has 0 amide bonds. The highest BCUT2D eigenvalue weighted by Crippen LogP contribution is 2.36. The monoisotopic (exact) mass is 495 g/mol. The predicted molar refractivity (Wildman–Crippen MR) is 120 cm³/mol. The van der Waals surface area contributed by atoms with Crippen molar-refractivity contribution in [3.8, 4) is 22.8 Å². The molecule has 12 heteroatoms. The fourth-order valence-electron chi connectivity index (χ4n) is 3.14. The fraction of sp³-hybridized carbons (Fsp3) is 0.304. The van der Waals surface area contributed by atoms with E-state index in [-0.39, 0.29) is 30.6 Å². The van der Waals surface area contributed by atoms with Crippen LogP contribution in [0, 0.1) is 0 Å². The van der Waals surface area contributed by atoms with Crippen molar-refractivity contribution in [2.24, 2.45) is 7.05 Å². The van der Waals surface area contributed by atoms with Crippen LogP contribution in [0.3, 0.4) is 0 Å². The molecule has 0 spiro atoms. The van der Waals surface area contributed by atoms with Crippen LogP contribution >= 0.6 is 0 Å². The Morgan fingerprint density at radius 1 is 1.00 bits per heavy atom. The lowest BCUT2D eigenvalue weighted by Gasteiger charge is -2.17. The van der Waals surface area contributed by atoms with E-state index in [1.807, 2.05) is 0 Å². The molecule has 0 saturated carbocycles. The van der Waals surface area contributed by atoms with Gasteiger partial charge in [0.1, 0.15) is 22.9 Å². The molecule has 35 heavy (non-hydrogen) atoms. The summed E-state index contributed by atoms with van der Waals surface area (Å²) in [5.41, 5.74) is 0.502. The first-order chi connectivity index (χ1) is 16.7. The number of hydrogen-bond acceptors (Lipinski definition) is 8. The van der Waals surface area contributed by atoms with Gasteiger partial charge < -0.3 is 29.0 Å². The number of nitrogens with zero attached hydrogens (tertiary/aromatic N) is 2. The Hall–Kier alpha value is -3.77. The third kappa shape index (κ3) is 6.22. The highest BCUT2D eigenvalue weighted by molar-refractivity contribution is 6.00. The molecular formula is C23H24F3N3O6. The van der Waals surface area contributed by atoms with E-state index in [2.05, 4.69) is 10.4 Å². The second kappa shape index (κ2) is 11.1. The zero-order valence-corrected chi connectivity index (χ0v) is 19.4. The van der Waals surface area contributed by atoms with E-state index in [9.17, 15) is 18.0 Å². The maximum atomic E-state index is 12.9. The summed E-state index contributed by atoms with van der Waals surface area (Å²) in [7, 11) is 5.76. The summed E-state index contributed by atoms with van der Waals surface area (Å²) >= 11 is 0. The van der Waals surface area contributed by atoms with Crippen molar-refractivity contribution in [2.75, 3.05) is 40.2 Å². The highest BCUT2D eigenvalue weighted by Gasteiger charge is 2.30. The summed E-state index contributed by atoms with van der Waals surface area (Å²) in [6, 6.07) is 9.32. The summed E-state index contributed by atoms with van der Waals surface area (Å²) in [6.45, 7) is -0.189. The molecule has 0 unspecified atom stereocenters. The Morgan fingerprint density at radius 3 is 2.26 bits per heavy atom. The van der Waals surface area contributed by atoms with Gasteiger partial charge in [-0.15, -0.1) is 0 Å². The molecule has 2 aromatic carbocycles. The molecular weight excluding hydrogens is 471 g/mol. The standard InChI is InChI=1S/C23H24F3N3O6/c1-29-20(11-17(28-29)14-5-7-15(8-6-14)23(24,25)26)27-18-9-16(34-12-31-2)10-19(35-13-32-3)21(18)22(30)33-4/h5-11,27H,12-13H2,1-4H3. The van der Waals surface area contributed by atoms with Gasteiger partial charge in [0.15, 0.2) is 13.6 Å². The molecule has 0 aliphatic heterocycles. The van der Waals surface area contributed by atoms with Crippen molar-refractivity contribution < 1.29 is 41.7 Å². The van der Waals surface area contributed by atoms with Crippen LogP contribution < -0.4 is 14.8 Å². The number of carbonyl (C=O) groups is 1. The molecule has 3 aromatic rings. The molecule has 0 aliphatic carbocycles. The Balaban J connectivity index is 2.00. The molecule has 1 N–H and O–H groups in total. The van der Waals surface area contributed by atoms with Crippen LogP contribution in [0.15, 0.2) is 42.5 Å². The van der Waals surface area contributed by atoms with Gasteiger partial charge in [0, 0.05) is 45.0 Å². The van der Waals surface area contributed by atoms with E-state index in [1.54, 1.807) is 19.2 Å². The first kappa shape index (κ1) is 25.8. The highest BCUT2D eigenvalue weighted by atomic mass is 19.4. The van der Waals surface area contributed by atoms with E-state index in [4.69, 9.17) is 23.7 Å². The van der Waals surface area contributed by atoms with E-state index in [1.165, 1.54) is 44.2 Å². The van der Waals surface area contributed by atoms with Gasteiger partial charge in [-0.1, -0.05) is 12.1 Å². The Kier molecular flexibility index (Phi) is 8.20. The number of ether oxygens (including phenoxy) is 5. The first-order valence-corrected chi connectivity index (χ1v) is 10.2. The Morgan fingerprint density at radius 2 is 1.66 bits per heavy atom. The Bertz CT molecular complexity index is 1160. The lowest BCUT2D eigenvalue weighted by molar-refractivity contribution is -0.137. The largest absolute Gasteiger partial charge is 0.467 e. The number of rotatable bonds is 10.